The Morgan fingerprint density at radius 2 is 1.90 bits per heavy atom. The lowest BCUT2D eigenvalue weighted by molar-refractivity contribution is -0.134. The van der Waals surface area contributed by atoms with Gasteiger partial charge in [0.05, 0.1) is 0 Å². The smallest absolute Gasteiger partial charge is 0.245 e. The van der Waals surface area contributed by atoms with Crippen LogP contribution in [0.5, 0.6) is 5.75 Å². The number of carbonyl (C=O) groups excluding carboxylic acids is 2. The van der Waals surface area contributed by atoms with E-state index in [-0.39, 0.29) is 23.6 Å². The number of phenolic OH excluding ortho intramolecular Hbond substituents is 1. The predicted octanol–water partition coefficient (Wildman–Crippen LogP) is 1.02. The summed E-state index contributed by atoms with van der Waals surface area (Å²) in [6, 6.07) is 6.48. The van der Waals surface area contributed by atoms with E-state index in [2.05, 4.69) is 5.32 Å². The molecule has 0 spiro atoms. The Balaban J connectivity index is 1.75. The van der Waals surface area contributed by atoms with Crippen LogP contribution in [0.2, 0.25) is 0 Å². The fraction of sp³-hybridized carbons (Fsp3) is 0.467. The molecular weight excluding hydrogens is 256 g/mol. The van der Waals surface area contributed by atoms with Crippen molar-refractivity contribution in [3.8, 4) is 5.75 Å². The van der Waals surface area contributed by atoms with Crippen LogP contribution in [0.25, 0.3) is 0 Å². The van der Waals surface area contributed by atoms with Gasteiger partial charge in [0, 0.05) is 19.5 Å². The number of benzene rings is 1. The fourth-order valence-corrected chi connectivity index (χ4v) is 2.58. The zero-order chi connectivity index (χ0) is 14.1. The first kappa shape index (κ1) is 13.0. The predicted molar refractivity (Wildman–Crippen MR) is 72.8 cm³/mol. The molecule has 1 aromatic carbocycles. The summed E-state index contributed by atoms with van der Waals surface area (Å²) >= 11 is 0. The minimum Gasteiger partial charge on any atom is -0.508 e. The Morgan fingerprint density at radius 1 is 1.20 bits per heavy atom. The number of nitrogens with one attached hydrogen (secondary N) is 1. The molecule has 1 heterocycles. The molecule has 0 bridgehead atoms. The normalized spacial score (nSPS) is 23.4. The number of hydrogen-bond acceptors (Lipinski definition) is 3. The second kappa shape index (κ2) is 5.15. The van der Waals surface area contributed by atoms with Crippen molar-refractivity contribution >= 4 is 11.8 Å². The van der Waals surface area contributed by atoms with Crippen LogP contribution in [0.15, 0.2) is 24.3 Å². The summed E-state index contributed by atoms with van der Waals surface area (Å²) < 4.78 is 0. The van der Waals surface area contributed by atoms with Crippen molar-refractivity contribution in [2.24, 2.45) is 5.92 Å². The van der Waals surface area contributed by atoms with Crippen LogP contribution < -0.4 is 5.32 Å². The van der Waals surface area contributed by atoms with Crippen LogP contribution in [0.1, 0.15) is 24.8 Å². The number of nitrogens with zero attached hydrogens (tertiary/aromatic N) is 1. The largest absolute Gasteiger partial charge is 0.508 e. The molecular formula is C15H18N2O3. The SMILES string of the molecule is O=C1CCN(Cc2ccc(O)cc2)C(=O)C(C2CC2)N1. The summed E-state index contributed by atoms with van der Waals surface area (Å²) in [7, 11) is 0. The Morgan fingerprint density at radius 3 is 2.55 bits per heavy atom. The van der Waals surface area contributed by atoms with Crippen molar-refractivity contribution in [3.63, 3.8) is 0 Å². The Bertz CT molecular complexity index is 522. The average molecular weight is 274 g/mol. The van der Waals surface area contributed by atoms with Crippen molar-refractivity contribution in [1.29, 1.82) is 0 Å². The lowest BCUT2D eigenvalue weighted by Gasteiger charge is -2.24. The van der Waals surface area contributed by atoms with Crippen molar-refractivity contribution in [2.75, 3.05) is 6.54 Å². The molecule has 20 heavy (non-hydrogen) atoms. The van der Waals surface area contributed by atoms with Crippen molar-refractivity contribution in [1.82, 2.24) is 10.2 Å². The van der Waals surface area contributed by atoms with Gasteiger partial charge in [-0.2, -0.15) is 0 Å². The summed E-state index contributed by atoms with van der Waals surface area (Å²) in [6.45, 7) is 0.937. The van der Waals surface area contributed by atoms with E-state index in [4.69, 9.17) is 0 Å². The van der Waals surface area contributed by atoms with E-state index in [0.717, 1.165) is 18.4 Å². The van der Waals surface area contributed by atoms with Gasteiger partial charge in [0.1, 0.15) is 11.8 Å². The molecule has 1 aromatic rings. The number of hydrogen-bond donors (Lipinski definition) is 2. The minimum atomic E-state index is -0.345. The van der Waals surface area contributed by atoms with Gasteiger partial charge in [0.25, 0.3) is 0 Å². The number of amides is 2. The highest BCUT2D eigenvalue weighted by atomic mass is 16.3. The van der Waals surface area contributed by atoms with Gasteiger partial charge in [-0.3, -0.25) is 9.59 Å². The Kier molecular flexibility index (Phi) is 3.34. The molecule has 1 aliphatic heterocycles. The van der Waals surface area contributed by atoms with Crippen molar-refractivity contribution in [3.05, 3.63) is 29.8 Å². The van der Waals surface area contributed by atoms with Crippen LogP contribution in [-0.2, 0) is 16.1 Å². The third-order valence-electron chi connectivity index (χ3n) is 3.91. The average Bonchev–Trinajstić information content (AvgIpc) is 3.26. The number of phenols is 1. The maximum Gasteiger partial charge on any atom is 0.245 e. The van der Waals surface area contributed by atoms with Gasteiger partial charge in [-0.05, 0) is 36.5 Å². The highest BCUT2D eigenvalue weighted by Crippen LogP contribution is 2.34. The van der Waals surface area contributed by atoms with E-state index in [0.29, 0.717) is 25.4 Å². The number of aromatic hydroxyl groups is 1. The molecule has 2 fully saturated rings. The van der Waals surface area contributed by atoms with Gasteiger partial charge in [-0.25, -0.2) is 0 Å². The summed E-state index contributed by atoms with van der Waals surface area (Å²) in [5, 5.41) is 12.1. The molecule has 0 radical (unpaired) electrons. The first-order valence-electron chi connectivity index (χ1n) is 6.99. The molecule has 2 N–H and O–H groups in total. The first-order chi connectivity index (χ1) is 9.63. The highest BCUT2D eigenvalue weighted by molar-refractivity contribution is 5.90. The van der Waals surface area contributed by atoms with E-state index < -0.39 is 0 Å². The van der Waals surface area contributed by atoms with Gasteiger partial charge < -0.3 is 15.3 Å². The molecule has 2 amide bonds. The molecule has 0 aromatic heterocycles. The van der Waals surface area contributed by atoms with Gasteiger partial charge in [-0.1, -0.05) is 12.1 Å². The first-order valence-corrected chi connectivity index (χ1v) is 6.99. The Hall–Kier alpha value is -2.04. The van der Waals surface area contributed by atoms with E-state index in [9.17, 15) is 14.7 Å². The molecule has 1 saturated carbocycles. The molecule has 2 aliphatic rings. The fourth-order valence-electron chi connectivity index (χ4n) is 2.58. The van der Waals surface area contributed by atoms with Gasteiger partial charge in [-0.15, -0.1) is 0 Å². The summed E-state index contributed by atoms with van der Waals surface area (Å²) in [5.74, 6) is 0.505. The maximum absolute atomic E-state index is 12.5. The second-order valence-electron chi connectivity index (χ2n) is 5.56. The van der Waals surface area contributed by atoms with Crippen LogP contribution in [-0.4, -0.2) is 34.4 Å². The quantitative estimate of drug-likeness (QED) is 0.864. The Labute approximate surface area is 117 Å². The number of rotatable bonds is 3. The van der Waals surface area contributed by atoms with Crippen LogP contribution in [0.3, 0.4) is 0 Å². The topological polar surface area (TPSA) is 69.6 Å². The molecule has 5 heteroatoms. The van der Waals surface area contributed by atoms with Crippen LogP contribution >= 0.6 is 0 Å². The van der Waals surface area contributed by atoms with E-state index in [1.165, 1.54) is 0 Å². The van der Waals surface area contributed by atoms with Crippen molar-refractivity contribution in [2.45, 2.75) is 31.8 Å². The lowest BCUT2D eigenvalue weighted by Crippen LogP contribution is -2.45. The monoisotopic (exact) mass is 274 g/mol. The third kappa shape index (κ3) is 2.76. The summed E-state index contributed by atoms with van der Waals surface area (Å²) in [6.07, 6.45) is 2.39. The van der Waals surface area contributed by atoms with Crippen LogP contribution in [0.4, 0.5) is 0 Å². The van der Waals surface area contributed by atoms with Gasteiger partial charge in [0.15, 0.2) is 0 Å². The molecule has 1 atom stereocenters. The maximum atomic E-state index is 12.5. The summed E-state index contributed by atoms with van der Waals surface area (Å²) in [5.41, 5.74) is 0.958. The van der Waals surface area contributed by atoms with E-state index in [1.54, 1.807) is 29.2 Å². The third-order valence-corrected chi connectivity index (χ3v) is 3.91. The summed E-state index contributed by atoms with van der Waals surface area (Å²) in [4.78, 5) is 25.9. The molecule has 1 aliphatic carbocycles. The highest BCUT2D eigenvalue weighted by Gasteiger charge is 2.40. The molecule has 3 rings (SSSR count). The number of carbonyl (C=O) groups is 2. The lowest BCUT2D eigenvalue weighted by atomic mass is 10.1. The minimum absolute atomic E-state index is 0.0198. The zero-order valence-corrected chi connectivity index (χ0v) is 11.2. The molecule has 1 unspecified atom stereocenters. The van der Waals surface area contributed by atoms with Gasteiger partial charge >= 0.3 is 0 Å². The van der Waals surface area contributed by atoms with Crippen LogP contribution in [0, 0.1) is 5.92 Å². The van der Waals surface area contributed by atoms with E-state index >= 15 is 0 Å². The van der Waals surface area contributed by atoms with Gasteiger partial charge in [0.2, 0.25) is 11.8 Å². The molecule has 5 nitrogen and oxygen atoms in total. The van der Waals surface area contributed by atoms with Crippen molar-refractivity contribution < 1.29 is 14.7 Å². The molecule has 1 saturated heterocycles. The standard InChI is InChI=1S/C15H18N2O3/c18-12-5-1-10(2-6-12)9-17-8-7-13(19)16-14(15(17)20)11-3-4-11/h1-2,5-6,11,14,18H,3-4,7-9H2,(H,16,19). The van der Waals surface area contributed by atoms with E-state index in [1.807, 2.05) is 0 Å². The second-order valence-corrected chi connectivity index (χ2v) is 5.56. The zero-order valence-electron chi connectivity index (χ0n) is 11.2. The molecule has 106 valence electrons.